The Labute approximate surface area is 133 Å². The highest BCUT2D eigenvalue weighted by Crippen LogP contribution is 2.11. The average molecular weight is 320 g/mol. The van der Waals surface area contributed by atoms with Gasteiger partial charge in [0, 0.05) is 12.3 Å². The number of carbonyl (C=O) groups excluding carboxylic acids is 1. The van der Waals surface area contributed by atoms with Crippen molar-refractivity contribution in [1.82, 2.24) is 20.3 Å². The molecule has 23 heavy (non-hydrogen) atoms. The Balaban J connectivity index is 2.04. The number of hydrogen-bond acceptors (Lipinski definition) is 5. The summed E-state index contributed by atoms with van der Waals surface area (Å²) in [5.74, 6) is -1.35. The van der Waals surface area contributed by atoms with Crippen LogP contribution < -0.4 is 5.32 Å². The van der Waals surface area contributed by atoms with Crippen molar-refractivity contribution in [2.24, 2.45) is 5.92 Å². The highest BCUT2D eigenvalue weighted by Gasteiger charge is 2.27. The topological polar surface area (TPSA) is 110 Å². The van der Waals surface area contributed by atoms with Crippen LogP contribution in [0.3, 0.4) is 0 Å². The summed E-state index contributed by atoms with van der Waals surface area (Å²) in [6, 6.07) is 0.531. The van der Waals surface area contributed by atoms with Gasteiger partial charge >= 0.3 is 5.97 Å². The maximum Gasteiger partial charge on any atom is 0.326 e. The number of hydrogen-bond donors (Lipinski definition) is 2. The summed E-state index contributed by atoms with van der Waals surface area (Å²) in [7, 11) is 0. The predicted molar refractivity (Wildman–Crippen MR) is 80.9 cm³/mol. The number of carboxylic acid groups (broad SMARTS) is 1. The van der Waals surface area contributed by atoms with Crippen LogP contribution >= 0.6 is 0 Å². The van der Waals surface area contributed by atoms with Gasteiger partial charge in [0.1, 0.15) is 12.6 Å². The van der Waals surface area contributed by atoms with E-state index in [0.29, 0.717) is 18.7 Å². The van der Waals surface area contributed by atoms with E-state index in [0.717, 1.165) is 5.56 Å². The second-order valence-corrected chi connectivity index (χ2v) is 5.57. The largest absolute Gasteiger partial charge is 0.480 e. The first-order chi connectivity index (χ1) is 10.9. The average Bonchev–Trinajstić information content (AvgIpc) is 3.13. The molecule has 2 rings (SSSR count). The van der Waals surface area contributed by atoms with Crippen molar-refractivity contribution in [1.29, 1.82) is 0 Å². The summed E-state index contributed by atoms with van der Waals surface area (Å²) in [6.45, 7) is 5.91. The molecule has 0 aliphatic rings. The standard InChI is InChI=1S/C15H20N4O4/c1-4-10(3)13(15(21)22)17-14(20)12-5-11(23-18-12)8-19-7-9(2)6-16-19/h5-7,10,13H,4,8H2,1-3H3,(H,17,20)(H,21,22). The Morgan fingerprint density at radius 1 is 1.48 bits per heavy atom. The molecule has 0 aromatic carbocycles. The molecule has 0 saturated heterocycles. The van der Waals surface area contributed by atoms with Crippen molar-refractivity contribution in [3.63, 3.8) is 0 Å². The quantitative estimate of drug-likeness (QED) is 0.799. The van der Waals surface area contributed by atoms with E-state index in [1.807, 2.05) is 20.0 Å². The van der Waals surface area contributed by atoms with Gasteiger partial charge < -0.3 is 14.9 Å². The second kappa shape index (κ2) is 7.08. The number of aromatic nitrogens is 3. The van der Waals surface area contributed by atoms with Crippen molar-refractivity contribution in [3.8, 4) is 0 Å². The van der Waals surface area contributed by atoms with Crippen LogP contribution in [0.1, 0.15) is 42.1 Å². The molecule has 0 aliphatic carbocycles. The molecule has 0 radical (unpaired) electrons. The van der Waals surface area contributed by atoms with E-state index >= 15 is 0 Å². The molecule has 0 aliphatic heterocycles. The molecule has 2 N–H and O–H groups in total. The summed E-state index contributed by atoms with van der Waals surface area (Å²) < 4.78 is 6.77. The fourth-order valence-electron chi connectivity index (χ4n) is 2.11. The fourth-order valence-corrected chi connectivity index (χ4v) is 2.11. The molecule has 1 amide bonds. The molecule has 0 saturated carbocycles. The van der Waals surface area contributed by atoms with Crippen LogP contribution in [0.2, 0.25) is 0 Å². The Kier molecular flexibility index (Phi) is 5.15. The van der Waals surface area contributed by atoms with Gasteiger partial charge in [0.2, 0.25) is 0 Å². The molecule has 2 aromatic heterocycles. The van der Waals surface area contributed by atoms with Gasteiger partial charge in [0.05, 0.1) is 6.20 Å². The third-order valence-electron chi connectivity index (χ3n) is 3.64. The second-order valence-electron chi connectivity index (χ2n) is 5.57. The molecular weight excluding hydrogens is 300 g/mol. The number of nitrogens with one attached hydrogen (secondary N) is 1. The van der Waals surface area contributed by atoms with E-state index < -0.39 is 17.9 Å². The summed E-state index contributed by atoms with van der Waals surface area (Å²) in [4.78, 5) is 23.4. The van der Waals surface area contributed by atoms with Crippen LogP contribution in [0.4, 0.5) is 0 Å². The molecule has 0 spiro atoms. The Morgan fingerprint density at radius 2 is 2.22 bits per heavy atom. The van der Waals surface area contributed by atoms with Crippen molar-refractivity contribution in [3.05, 3.63) is 35.5 Å². The lowest BCUT2D eigenvalue weighted by molar-refractivity contribution is -0.140. The molecule has 2 aromatic rings. The highest BCUT2D eigenvalue weighted by atomic mass is 16.5. The fraction of sp³-hybridized carbons (Fsp3) is 0.467. The normalized spacial score (nSPS) is 13.5. The molecule has 8 heteroatoms. The van der Waals surface area contributed by atoms with Gasteiger partial charge in [-0.2, -0.15) is 5.10 Å². The summed E-state index contributed by atoms with van der Waals surface area (Å²) in [5, 5.41) is 19.5. The summed E-state index contributed by atoms with van der Waals surface area (Å²) in [6.07, 6.45) is 4.19. The minimum absolute atomic E-state index is 0.0541. The molecule has 2 unspecified atom stereocenters. The number of carboxylic acids is 1. The zero-order chi connectivity index (χ0) is 17.0. The summed E-state index contributed by atoms with van der Waals surface area (Å²) >= 11 is 0. The van der Waals surface area contributed by atoms with Gasteiger partial charge in [0.15, 0.2) is 11.5 Å². The van der Waals surface area contributed by atoms with E-state index in [1.54, 1.807) is 17.8 Å². The number of amides is 1. The van der Waals surface area contributed by atoms with E-state index in [2.05, 4.69) is 15.6 Å². The molecule has 2 heterocycles. The first-order valence-electron chi connectivity index (χ1n) is 7.39. The van der Waals surface area contributed by atoms with Crippen LogP contribution in [0.15, 0.2) is 23.0 Å². The number of aliphatic carboxylic acids is 1. The molecule has 124 valence electrons. The number of nitrogens with zero attached hydrogens (tertiary/aromatic N) is 3. The van der Waals surface area contributed by atoms with Gasteiger partial charge in [-0.25, -0.2) is 4.79 Å². The maximum absolute atomic E-state index is 12.1. The van der Waals surface area contributed by atoms with E-state index in [1.165, 1.54) is 6.07 Å². The Bertz CT molecular complexity index is 691. The van der Waals surface area contributed by atoms with Crippen molar-refractivity contribution < 1.29 is 19.2 Å². The van der Waals surface area contributed by atoms with Crippen LogP contribution in [0, 0.1) is 12.8 Å². The Morgan fingerprint density at radius 3 is 2.78 bits per heavy atom. The predicted octanol–water partition coefficient (Wildman–Crippen LogP) is 1.46. The lowest BCUT2D eigenvalue weighted by atomic mass is 9.99. The lowest BCUT2D eigenvalue weighted by Crippen LogP contribution is -2.45. The van der Waals surface area contributed by atoms with E-state index in [9.17, 15) is 14.7 Å². The van der Waals surface area contributed by atoms with Crippen LogP contribution in [0.5, 0.6) is 0 Å². The zero-order valence-electron chi connectivity index (χ0n) is 13.3. The van der Waals surface area contributed by atoms with Crippen molar-refractivity contribution in [2.45, 2.75) is 39.8 Å². The highest BCUT2D eigenvalue weighted by molar-refractivity contribution is 5.94. The molecular formula is C15H20N4O4. The first kappa shape index (κ1) is 16.7. The minimum atomic E-state index is -1.07. The third-order valence-corrected chi connectivity index (χ3v) is 3.64. The monoisotopic (exact) mass is 320 g/mol. The van der Waals surface area contributed by atoms with Gasteiger partial charge in [-0.3, -0.25) is 9.48 Å². The van der Waals surface area contributed by atoms with Gasteiger partial charge in [-0.1, -0.05) is 25.4 Å². The van der Waals surface area contributed by atoms with Gasteiger partial charge in [0.25, 0.3) is 5.91 Å². The SMILES string of the molecule is CCC(C)C(NC(=O)c1cc(Cn2cc(C)cn2)on1)C(=O)O. The van der Waals surface area contributed by atoms with E-state index in [-0.39, 0.29) is 11.6 Å². The maximum atomic E-state index is 12.1. The van der Waals surface area contributed by atoms with Crippen molar-refractivity contribution in [2.75, 3.05) is 0 Å². The smallest absolute Gasteiger partial charge is 0.326 e. The third kappa shape index (κ3) is 4.18. The molecule has 8 nitrogen and oxygen atoms in total. The lowest BCUT2D eigenvalue weighted by Gasteiger charge is -2.19. The first-order valence-corrected chi connectivity index (χ1v) is 7.39. The number of rotatable bonds is 7. The van der Waals surface area contributed by atoms with E-state index in [4.69, 9.17) is 4.52 Å². The molecule has 0 bridgehead atoms. The number of aryl methyl sites for hydroxylation is 1. The van der Waals surface area contributed by atoms with Gasteiger partial charge in [-0.15, -0.1) is 0 Å². The summed E-state index contributed by atoms with van der Waals surface area (Å²) in [5.41, 5.74) is 1.07. The minimum Gasteiger partial charge on any atom is -0.480 e. The van der Waals surface area contributed by atoms with Crippen LogP contribution in [-0.4, -0.2) is 38.0 Å². The Hall–Kier alpha value is -2.64. The molecule has 0 fully saturated rings. The molecule has 2 atom stereocenters. The van der Waals surface area contributed by atoms with Crippen LogP contribution in [-0.2, 0) is 11.3 Å². The van der Waals surface area contributed by atoms with Crippen molar-refractivity contribution >= 4 is 11.9 Å². The van der Waals surface area contributed by atoms with Crippen LogP contribution in [0.25, 0.3) is 0 Å². The zero-order valence-corrected chi connectivity index (χ0v) is 13.3. The van der Waals surface area contributed by atoms with Gasteiger partial charge in [-0.05, 0) is 18.4 Å². The number of carbonyl (C=O) groups is 2.